The predicted molar refractivity (Wildman–Crippen MR) is 109 cm³/mol. The van der Waals surface area contributed by atoms with E-state index in [0.29, 0.717) is 23.7 Å². The Balaban J connectivity index is 0.00000126. The van der Waals surface area contributed by atoms with Crippen molar-refractivity contribution in [2.24, 2.45) is 29.1 Å². The maximum atomic E-state index is 12.3. The molecule has 3 aliphatic carbocycles. The molecule has 1 aliphatic heterocycles. The molecule has 1 heterocycles. The summed E-state index contributed by atoms with van der Waals surface area (Å²) >= 11 is 0. The average Bonchev–Trinajstić information content (AvgIpc) is 3.06. The first-order valence-corrected chi connectivity index (χ1v) is 10.9. The standard InChI is InChI=1S/C19H34BNO4.C2H6/c1-11(2)6-16(21-17(23)7-12(3)10-22)20-24-15-9-13-8-14(18(15)25-20)19(13,4)5;1-2/h11-16,18,22H,6-10H2,1-5H3,(H,21,23);1-2H3/t12?,13?,14?,15-,16?,18+;/m1./s1. The van der Waals surface area contributed by atoms with Crippen LogP contribution in [-0.4, -0.2) is 42.9 Å². The van der Waals surface area contributed by atoms with Crippen molar-refractivity contribution in [3.8, 4) is 0 Å². The third kappa shape index (κ3) is 4.88. The summed E-state index contributed by atoms with van der Waals surface area (Å²) in [6.45, 7) is 14.9. The topological polar surface area (TPSA) is 67.8 Å². The number of hydrogen-bond acceptors (Lipinski definition) is 4. The molecule has 0 radical (unpaired) electrons. The molecule has 156 valence electrons. The van der Waals surface area contributed by atoms with E-state index in [9.17, 15) is 4.79 Å². The van der Waals surface area contributed by atoms with Crippen molar-refractivity contribution in [2.45, 2.75) is 92.3 Å². The Morgan fingerprint density at radius 3 is 2.44 bits per heavy atom. The normalized spacial score (nSPS) is 32.7. The van der Waals surface area contributed by atoms with Crippen molar-refractivity contribution in [3.63, 3.8) is 0 Å². The zero-order valence-electron chi connectivity index (χ0n) is 18.3. The highest BCUT2D eigenvalue weighted by Crippen LogP contribution is 2.61. The van der Waals surface area contributed by atoms with E-state index in [-0.39, 0.29) is 43.7 Å². The average molecular weight is 381 g/mol. The lowest BCUT2D eigenvalue weighted by Gasteiger charge is -2.60. The highest BCUT2D eigenvalue weighted by Gasteiger charge is 2.62. The number of rotatable bonds is 7. The van der Waals surface area contributed by atoms with Gasteiger partial charge in [-0.05, 0) is 48.3 Å². The van der Waals surface area contributed by atoms with Crippen molar-refractivity contribution in [1.29, 1.82) is 0 Å². The van der Waals surface area contributed by atoms with Crippen LogP contribution >= 0.6 is 0 Å². The molecule has 0 aromatic carbocycles. The monoisotopic (exact) mass is 381 g/mol. The van der Waals surface area contributed by atoms with Crippen LogP contribution in [0.1, 0.15) is 74.1 Å². The number of amides is 1. The van der Waals surface area contributed by atoms with Crippen molar-refractivity contribution in [3.05, 3.63) is 0 Å². The number of hydrogen-bond donors (Lipinski definition) is 2. The molecule has 4 fully saturated rings. The van der Waals surface area contributed by atoms with E-state index in [2.05, 4.69) is 33.0 Å². The summed E-state index contributed by atoms with van der Waals surface area (Å²) in [5, 5.41) is 12.3. The Morgan fingerprint density at radius 2 is 1.89 bits per heavy atom. The molecule has 0 spiro atoms. The van der Waals surface area contributed by atoms with Crippen LogP contribution in [0, 0.1) is 29.1 Å². The van der Waals surface area contributed by atoms with Gasteiger partial charge < -0.3 is 19.7 Å². The van der Waals surface area contributed by atoms with Crippen LogP contribution in [0.4, 0.5) is 0 Å². The molecule has 0 aromatic heterocycles. The Bertz CT molecular complexity index is 499. The van der Waals surface area contributed by atoms with Gasteiger partial charge in [0.05, 0.1) is 18.1 Å². The molecule has 2 N–H and O–H groups in total. The molecule has 5 nitrogen and oxygen atoms in total. The van der Waals surface area contributed by atoms with E-state index in [1.165, 1.54) is 6.42 Å². The number of aliphatic hydroxyl groups excluding tert-OH is 1. The summed E-state index contributed by atoms with van der Waals surface area (Å²) in [4.78, 5) is 12.3. The fraction of sp³-hybridized carbons (Fsp3) is 0.952. The molecule has 4 unspecified atom stereocenters. The predicted octanol–water partition coefficient (Wildman–Crippen LogP) is 3.44. The quantitative estimate of drug-likeness (QED) is 0.663. The molecule has 0 aromatic rings. The van der Waals surface area contributed by atoms with E-state index in [4.69, 9.17) is 14.4 Å². The fourth-order valence-electron chi connectivity index (χ4n) is 4.94. The SMILES string of the molecule is CC.CC(C)CC(NC(=O)CC(C)CO)B1O[C@@H]2CC3CC([C@@H]2O1)C3(C)C. The molecule has 27 heavy (non-hydrogen) atoms. The van der Waals surface area contributed by atoms with E-state index in [1.807, 2.05) is 20.8 Å². The lowest BCUT2D eigenvalue weighted by Crippen LogP contribution is -2.59. The molecule has 2 bridgehead atoms. The van der Waals surface area contributed by atoms with Gasteiger partial charge in [0, 0.05) is 13.0 Å². The number of aliphatic hydroxyl groups is 1. The van der Waals surface area contributed by atoms with Crippen LogP contribution in [0.2, 0.25) is 0 Å². The van der Waals surface area contributed by atoms with Crippen LogP contribution < -0.4 is 5.32 Å². The molecule has 1 saturated heterocycles. The molecular weight excluding hydrogens is 341 g/mol. The van der Waals surface area contributed by atoms with Crippen molar-refractivity contribution in [2.75, 3.05) is 6.61 Å². The molecular formula is C21H40BNO4. The first kappa shape index (κ1) is 22.7. The minimum absolute atomic E-state index is 0.0271. The van der Waals surface area contributed by atoms with Gasteiger partial charge in [0.2, 0.25) is 5.91 Å². The van der Waals surface area contributed by atoms with Crippen molar-refractivity contribution >= 4 is 13.0 Å². The van der Waals surface area contributed by atoms with E-state index >= 15 is 0 Å². The van der Waals surface area contributed by atoms with Crippen LogP contribution in [0.25, 0.3) is 0 Å². The van der Waals surface area contributed by atoms with Gasteiger partial charge in [0.25, 0.3) is 0 Å². The minimum atomic E-state index is -0.346. The third-order valence-electron chi connectivity index (χ3n) is 6.67. The van der Waals surface area contributed by atoms with Gasteiger partial charge in [0.1, 0.15) is 0 Å². The first-order chi connectivity index (χ1) is 12.7. The van der Waals surface area contributed by atoms with Crippen LogP contribution in [-0.2, 0) is 14.1 Å². The Kier molecular flexibility index (Phi) is 7.80. The Hall–Kier alpha value is -0.585. The molecule has 4 rings (SSSR count). The summed E-state index contributed by atoms with van der Waals surface area (Å²) in [7, 11) is -0.346. The number of carbonyl (C=O) groups is 1. The zero-order valence-corrected chi connectivity index (χ0v) is 18.3. The maximum Gasteiger partial charge on any atom is 0.481 e. The van der Waals surface area contributed by atoms with Crippen LogP contribution in [0.3, 0.4) is 0 Å². The molecule has 1 amide bonds. The van der Waals surface area contributed by atoms with Gasteiger partial charge in [-0.2, -0.15) is 0 Å². The Morgan fingerprint density at radius 1 is 1.22 bits per heavy atom. The van der Waals surface area contributed by atoms with E-state index < -0.39 is 0 Å². The Labute approximate surface area is 166 Å². The van der Waals surface area contributed by atoms with E-state index in [0.717, 1.165) is 18.8 Å². The van der Waals surface area contributed by atoms with Gasteiger partial charge in [-0.15, -0.1) is 0 Å². The maximum absolute atomic E-state index is 12.3. The molecule has 6 heteroatoms. The second-order valence-corrected chi connectivity index (χ2v) is 9.54. The fourth-order valence-corrected chi connectivity index (χ4v) is 4.94. The molecule has 3 saturated carbocycles. The highest BCUT2D eigenvalue weighted by molar-refractivity contribution is 6.47. The van der Waals surface area contributed by atoms with E-state index in [1.54, 1.807) is 0 Å². The van der Waals surface area contributed by atoms with Gasteiger partial charge in [-0.25, -0.2) is 0 Å². The van der Waals surface area contributed by atoms with Gasteiger partial charge in [-0.1, -0.05) is 48.5 Å². The van der Waals surface area contributed by atoms with Crippen LogP contribution in [0.5, 0.6) is 0 Å². The third-order valence-corrected chi connectivity index (χ3v) is 6.67. The zero-order chi connectivity index (χ0) is 20.4. The summed E-state index contributed by atoms with van der Waals surface area (Å²) in [5.74, 6) is 1.58. The smallest absolute Gasteiger partial charge is 0.404 e. The summed E-state index contributed by atoms with van der Waals surface area (Å²) < 4.78 is 12.6. The summed E-state index contributed by atoms with van der Waals surface area (Å²) in [6, 6.07) is 0. The van der Waals surface area contributed by atoms with Gasteiger partial charge in [-0.3, -0.25) is 4.79 Å². The lowest BCUT2D eigenvalue weighted by atomic mass is 9.47. The van der Waals surface area contributed by atoms with Gasteiger partial charge in [0.15, 0.2) is 0 Å². The number of nitrogens with one attached hydrogen (secondary N) is 1. The summed E-state index contributed by atoms with van der Waals surface area (Å²) in [5.41, 5.74) is 0.354. The first-order valence-electron chi connectivity index (χ1n) is 10.9. The molecule has 4 aliphatic rings. The minimum Gasteiger partial charge on any atom is -0.404 e. The second-order valence-electron chi connectivity index (χ2n) is 9.54. The van der Waals surface area contributed by atoms with Gasteiger partial charge >= 0.3 is 7.12 Å². The second kappa shape index (κ2) is 9.28. The number of carbonyl (C=O) groups excluding carboxylic acids is 1. The lowest BCUT2D eigenvalue weighted by molar-refractivity contribution is -0.150. The van der Waals surface area contributed by atoms with Crippen molar-refractivity contribution in [1.82, 2.24) is 5.32 Å². The van der Waals surface area contributed by atoms with Crippen molar-refractivity contribution < 1.29 is 19.2 Å². The summed E-state index contributed by atoms with van der Waals surface area (Å²) in [6.07, 6.45) is 3.86. The van der Waals surface area contributed by atoms with Crippen LogP contribution in [0.15, 0.2) is 0 Å². The molecule has 6 atom stereocenters. The largest absolute Gasteiger partial charge is 0.481 e. The highest BCUT2D eigenvalue weighted by atomic mass is 16.7.